The minimum absolute atomic E-state index is 0.00279. The third-order valence-corrected chi connectivity index (χ3v) is 6.37. The fourth-order valence-corrected chi connectivity index (χ4v) is 4.65. The number of halogens is 1. The smallest absolute Gasteiger partial charge is 0.321 e. The van der Waals surface area contributed by atoms with Gasteiger partial charge in [-0.15, -0.1) is 0 Å². The number of hydrogen-bond acceptors (Lipinski definition) is 3. The number of amides is 3. The van der Waals surface area contributed by atoms with E-state index in [0.29, 0.717) is 43.0 Å². The Kier molecular flexibility index (Phi) is 5.90. The van der Waals surface area contributed by atoms with Gasteiger partial charge in [0.2, 0.25) is 0 Å². The molecule has 0 aliphatic carbocycles. The van der Waals surface area contributed by atoms with Crippen LogP contribution in [0.3, 0.4) is 0 Å². The second-order valence-electron chi connectivity index (χ2n) is 8.45. The molecule has 4 rings (SSSR count). The fraction of sp³-hybridized carbons (Fsp3) is 0.375. The molecule has 160 valence electrons. The largest absolute Gasteiger partial charge is 0.339 e. The molecule has 7 heteroatoms. The zero-order valence-corrected chi connectivity index (χ0v) is 17.3. The molecule has 0 atom stereocenters. The van der Waals surface area contributed by atoms with E-state index in [1.54, 1.807) is 41.3 Å². The van der Waals surface area contributed by atoms with Gasteiger partial charge >= 0.3 is 6.03 Å². The van der Waals surface area contributed by atoms with E-state index >= 15 is 0 Å². The van der Waals surface area contributed by atoms with Gasteiger partial charge in [0, 0.05) is 37.4 Å². The van der Waals surface area contributed by atoms with Gasteiger partial charge in [0.25, 0.3) is 5.91 Å². The molecule has 31 heavy (non-hydrogen) atoms. The number of anilines is 1. The highest BCUT2D eigenvalue weighted by Gasteiger charge is 2.40. The highest BCUT2D eigenvalue weighted by atomic mass is 19.1. The first kappa shape index (κ1) is 20.9. The van der Waals surface area contributed by atoms with Gasteiger partial charge < -0.3 is 15.1 Å². The van der Waals surface area contributed by atoms with Crippen molar-refractivity contribution in [2.75, 3.05) is 31.5 Å². The van der Waals surface area contributed by atoms with Gasteiger partial charge in [-0.1, -0.05) is 12.1 Å². The number of carbonyl (C=O) groups excluding carboxylic acids is 2. The monoisotopic (exact) mass is 420 g/mol. The maximum Gasteiger partial charge on any atom is 0.321 e. The average Bonchev–Trinajstić information content (AvgIpc) is 2.79. The summed E-state index contributed by atoms with van der Waals surface area (Å²) in [6.07, 6.45) is 3.59. The normalized spacial score (nSPS) is 17.8. The van der Waals surface area contributed by atoms with Crippen molar-refractivity contribution in [3.8, 4) is 6.07 Å². The number of piperidine rings is 2. The van der Waals surface area contributed by atoms with Crippen LogP contribution in [0.25, 0.3) is 0 Å². The summed E-state index contributed by atoms with van der Waals surface area (Å²) in [6.45, 7) is 2.56. The van der Waals surface area contributed by atoms with Crippen LogP contribution in [0, 0.1) is 22.6 Å². The number of carbonyl (C=O) groups is 2. The third kappa shape index (κ3) is 4.69. The van der Waals surface area contributed by atoms with E-state index in [4.69, 9.17) is 5.26 Å². The maximum absolute atomic E-state index is 13.5. The lowest BCUT2D eigenvalue weighted by Gasteiger charge is -2.47. The molecule has 0 bridgehead atoms. The van der Waals surface area contributed by atoms with Crippen molar-refractivity contribution >= 4 is 17.6 Å². The highest BCUT2D eigenvalue weighted by molar-refractivity contribution is 5.94. The van der Waals surface area contributed by atoms with Gasteiger partial charge in [-0.2, -0.15) is 5.26 Å². The van der Waals surface area contributed by atoms with Crippen LogP contribution in [-0.2, 0) is 0 Å². The summed E-state index contributed by atoms with van der Waals surface area (Å²) in [4.78, 5) is 29.2. The quantitative estimate of drug-likeness (QED) is 0.789. The molecule has 6 nitrogen and oxygen atoms in total. The minimum Gasteiger partial charge on any atom is -0.339 e. The first-order chi connectivity index (χ1) is 15.0. The molecule has 2 aromatic carbocycles. The third-order valence-electron chi connectivity index (χ3n) is 6.37. The van der Waals surface area contributed by atoms with Crippen molar-refractivity contribution in [2.45, 2.75) is 25.7 Å². The van der Waals surface area contributed by atoms with E-state index in [1.165, 1.54) is 12.1 Å². The Bertz CT molecular complexity index is 1020. The van der Waals surface area contributed by atoms with Crippen LogP contribution in [0.15, 0.2) is 48.5 Å². The van der Waals surface area contributed by atoms with E-state index in [9.17, 15) is 14.0 Å². The number of nitrogens with one attached hydrogen (secondary N) is 1. The van der Waals surface area contributed by atoms with E-state index in [1.807, 2.05) is 4.90 Å². The van der Waals surface area contributed by atoms with E-state index in [-0.39, 0.29) is 17.4 Å². The molecule has 2 fully saturated rings. The maximum atomic E-state index is 13.5. The number of hydrogen-bond donors (Lipinski definition) is 1. The zero-order chi connectivity index (χ0) is 21.8. The van der Waals surface area contributed by atoms with Crippen LogP contribution >= 0.6 is 0 Å². The molecular weight excluding hydrogens is 395 g/mol. The number of benzene rings is 2. The lowest BCUT2D eigenvalue weighted by molar-refractivity contribution is 0.0335. The summed E-state index contributed by atoms with van der Waals surface area (Å²) < 4.78 is 13.5. The molecule has 0 radical (unpaired) electrons. The number of nitriles is 1. The molecular formula is C24H25FN4O2. The summed E-state index contributed by atoms with van der Waals surface area (Å²) in [5, 5.41) is 11.9. The lowest BCUT2D eigenvalue weighted by atomic mass is 9.72. The van der Waals surface area contributed by atoms with Crippen molar-refractivity contribution < 1.29 is 14.0 Å². The van der Waals surface area contributed by atoms with E-state index in [0.717, 1.165) is 25.7 Å². The molecule has 2 saturated heterocycles. The number of rotatable bonds is 2. The Hall–Kier alpha value is -3.40. The minimum atomic E-state index is -0.409. The first-order valence-electron chi connectivity index (χ1n) is 10.6. The average molecular weight is 420 g/mol. The summed E-state index contributed by atoms with van der Waals surface area (Å²) in [6, 6.07) is 14.6. The second-order valence-corrected chi connectivity index (χ2v) is 8.45. The topological polar surface area (TPSA) is 76.4 Å². The Morgan fingerprint density at radius 3 is 2.52 bits per heavy atom. The van der Waals surface area contributed by atoms with Crippen LogP contribution in [-0.4, -0.2) is 47.9 Å². The molecule has 2 aromatic rings. The molecule has 0 aromatic heterocycles. The van der Waals surface area contributed by atoms with E-state index in [2.05, 4.69) is 11.4 Å². The number of urea groups is 1. The van der Waals surface area contributed by atoms with Gasteiger partial charge in [-0.3, -0.25) is 4.79 Å². The van der Waals surface area contributed by atoms with E-state index < -0.39 is 5.82 Å². The van der Waals surface area contributed by atoms with Crippen molar-refractivity contribution in [3.63, 3.8) is 0 Å². The summed E-state index contributed by atoms with van der Waals surface area (Å²) in [7, 11) is 0. The fourth-order valence-electron chi connectivity index (χ4n) is 4.65. The van der Waals surface area contributed by atoms with Crippen molar-refractivity contribution in [3.05, 3.63) is 65.5 Å². The van der Waals surface area contributed by atoms with Crippen molar-refractivity contribution in [1.82, 2.24) is 9.80 Å². The molecule has 2 aliphatic rings. The summed E-state index contributed by atoms with van der Waals surface area (Å²) >= 11 is 0. The first-order valence-corrected chi connectivity index (χ1v) is 10.6. The van der Waals surface area contributed by atoms with Gasteiger partial charge in [-0.25, -0.2) is 9.18 Å². The molecule has 1 spiro atoms. The molecule has 0 unspecified atom stereocenters. The highest BCUT2D eigenvalue weighted by Crippen LogP contribution is 2.40. The van der Waals surface area contributed by atoms with Crippen LogP contribution in [0.5, 0.6) is 0 Å². The number of nitrogens with zero attached hydrogens (tertiary/aromatic N) is 3. The van der Waals surface area contributed by atoms with Crippen molar-refractivity contribution in [2.24, 2.45) is 5.41 Å². The molecule has 2 aliphatic heterocycles. The van der Waals surface area contributed by atoms with Gasteiger partial charge in [0.1, 0.15) is 5.82 Å². The van der Waals surface area contributed by atoms with Gasteiger partial charge in [-0.05, 0) is 67.5 Å². The van der Waals surface area contributed by atoms with Crippen LogP contribution in [0.4, 0.5) is 14.9 Å². The molecule has 2 heterocycles. The van der Waals surface area contributed by atoms with Crippen LogP contribution < -0.4 is 5.32 Å². The summed E-state index contributed by atoms with van der Waals surface area (Å²) in [5.74, 6) is -0.550. The number of likely N-dealkylation sites (tertiary alicyclic amines) is 2. The van der Waals surface area contributed by atoms with Gasteiger partial charge in [0.05, 0.1) is 11.6 Å². The molecule has 3 amide bonds. The second kappa shape index (κ2) is 8.76. The zero-order valence-electron chi connectivity index (χ0n) is 17.3. The summed E-state index contributed by atoms with van der Waals surface area (Å²) in [5.41, 5.74) is 1.49. The Labute approximate surface area is 181 Å². The molecule has 1 N–H and O–H groups in total. The van der Waals surface area contributed by atoms with Crippen LogP contribution in [0.2, 0.25) is 0 Å². The van der Waals surface area contributed by atoms with Gasteiger partial charge in [0.15, 0.2) is 0 Å². The SMILES string of the molecule is N#Cc1cccc(NC(=O)N2CCCC3(CCN(C(=O)c4cccc(F)c4)CC3)C2)c1. The Morgan fingerprint density at radius 1 is 1.00 bits per heavy atom. The van der Waals surface area contributed by atoms with Crippen molar-refractivity contribution in [1.29, 1.82) is 5.26 Å². The Balaban J connectivity index is 1.36. The predicted molar refractivity (Wildman–Crippen MR) is 115 cm³/mol. The van der Waals surface area contributed by atoms with Crippen LogP contribution in [0.1, 0.15) is 41.6 Å². The lowest BCUT2D eigenvalue weighted by Crippen LogP contribution is -2.52. The standard InChI is InChI=1S/C24H25FN4O2/c25-20-6-2-5-19(15-20)22(30)28-12-9-24(10-13-28)8-3-11-29(17-24)23(31)27-21-7-1-4-18(14-21)16-26/h1-2,4-7,14-15H,3,8-13,17H2,(H,27,31). The molecule has 0 saturated carbocycles. The predicted octanol–water partition coefficient (Wildman–Crippen LogP) is 4.25. The Morgan fingerprint density at radius 2 is 1.77 bits per heavy atom.